The molecule has 1 aromatic rings. The molecule has 0 bridgehead atoms. The highest BCUT2D eigenvalue weighted by Crippen LogP contribution is 2.23. The summed E-state index contributed by atoms with van der Waals surface area (Å²) in [5, 5.41) is 0.796. The molecule has 1 nitrogen and oxygen atoms in total. The van der Waals surface area contributed by atoms with Gasteiger partial charge in [-0.3, -0.25) is 4.99 Å². The van der Waals surface area contributed by atoms with Crippen LogP contribution in [0.15, 0.2) is 35.3 Å². The number of benzene rings is 1. The Balaban J connectivity index is 2.13. The molecule has 0 saturated heterocycles. The highest BCUT2D eigenvalue weighted by atomic mass is 35.5. The molecule has 0 fully saturated rings. The van der Waals surface area contributed by atoms with E-state index in [9.17, 15) is 0 Å². The second-order valence-corrected chi connectivity index (χ2v) is 4.84. The molecule has 0 spiro atoms. The Morgan fingerprint density at radius 3 is 2.71 bits per heavy atom. The van der Waals surface area contributed by atoms with Crippen molar-refractivity contribution >= 4 is 22.9 Å². The first-order chi connectivity index (χ1) is 8.29. The van der Waals surface area contributed by atoms with E-state index in [0.29, 0.717) is 0 Å². The van der Waals surface area contributed by atoms with Gasteiger partial charge in [-0.25, -0.2) is 0 Å². The number of aliphatic imine (C=N–C) groups is 1. The van der Waals surface area contributed by atoms with Crippen molar-refractivity contribution in [1.82, 2.24) is 0 Å². The third kappa shape index (κ3) is 3.44. The van der Waals surface area contributed by atoms with Gasteiger partial charge in [0.15, 0.2) is 0 Å². The summed E-state index contributed by atoms with van der Waals surface area (Å²) in [4.78, 5) is 4.57. The normalized spacial score (nSPS) is 15.4. The lowest BCUT2D eigenvalue weighted by Gasteiger charge is -2.13. The van der Waals surface area contributed by atoms with Crippen LogP contribution < -0.4 is 0 Å². The zero-order chi connectivity index (χ0) is 12.1. The topological polar surface area (TPSA) is 12.4 Å². The van der Waals surface area contributed by atoms with Gasteiger partial charge >= 0.3 is 0 Å². The minimum Gasteiger partial charge on any atom is -0.289 e. The fourth-order valence-corrected chi connectivity index (χ4v) is 2.17. The summed E-state index contributed by atoms with van der Waals surface area (Å²) >= 11 is 5.90. The molecule has 0 aliphatic carbocycles. The van der Waals surface area contributed by atoms with E-state index >= 15 is 0 Å². The maximum absolute atomic E-state index is 5.90. The summed E-state index contributed by atoms with van der Waals surface area (Å²) < 4.78 is 0. The van der Waals surface area contributed by atoms with Crippen molar-refractivity contribution in [2.75, 3.05) is 6.54 Å². The number of rotatable bonds is 4. The molecule has 1 aliphatic rings. The predicted octanol–water partition coefficient (Wildman–Crippen LogP) is 4.76. The standard InChI is InChI=1S/C15H18ClN/c1-2-3-4-15-11-13(9-10-17-15)12-5-7-14(16)8-6-12/h5-8,11H,2-4,9-10H2,1H3. The number of halogens is 1. The van der Waals surface area contributed by atoms with Crippen LogP contribution in [0.2, 0.25) is 5.02 Å². The van der Waals surface area contributed by atoms with Crippen molar-refractivity contribution in [1.29, 1.82) is 0 Å². The van der Waals surface area contributed by atoms with Crippen LogP contribution in [0.4, 0.5) is 0 Å². The first-order valence-electron chi connectivity index (χ1n) is 6.29. The molecule has 2 heteroatoms. The van der Waals surface area contributed by atoms with Crippen LogP contribution >= 0.6 is 11.6 Å². The first kappa shape index (κ1) is 12.4. The van der Waals surface area contributed by atoms with Crippen LogP contribution in [0.5, 0.6) is 0 Å². The summed E-state index contributed by atoms with van der Waals surface area (Å²) in [7, 11) is 0. The molecule has 1 aliphatic heterocycles. The first-order valence-corrected chi connectivity index (χ1v) is 6.67. The molecule has 1 heterocycles. The number of dihydropyridines is 1. The molecule has 0 atom stereocenters. The van der Waals surface area contributed by atoms with Crippen molar-refractivity contribution in [3.8, 4) is 0 Å². The van der Waals surface area contributed by atoms with E-state index in [1.165, 1.54) is 29.7 Å². The second kappa shape index (κ2) is 6.02. The van der Waals surface area contributed by atoms with Crippen LogP contribution in [0, 0.1) is 0 Å². The number of allylic oxidation sites excluding steroid dienone is 1. The number of unbranched alkanes of at least 4 members (excludes halogenated alkanes) is 1. The summed E-state index contributed by atoms with van der Waals surface area (Å²) in [5.74, 6) is 0. The average Bonchev–Trinajstić information content (AvgIpc) is 2.37. The highest BCUT2D eigenvalue weighted by molar-refractivity contribution is 6.30. The van der Waals surface area contributed by atoms with E-state index in [-0.39, 0.29) is 0 Å². The Bertz CT molecular complexity index is 429. The van der Waals surface area contributed by atoms with Gasteiger partial charge in [-0.2, -0.15) is 0 Å². The van der Waals surface area contributed by atoms with E-state index in [4.69, 9.17) is 11.6 Å². The van der Waals surface area contributed by atoms with E-state index < -0.39 is 0 Å². The summed E-state index contributed by atoms with van der Waals surface area (Å²) in [6.45, 7) is 3.14. The lowest BCUT2D eigenvalue weighted by atomic mass is 9.97. The fourth-order valence-electron chi connectivity index (χ4n) is 2.04. The average molecular weight is 248 g/mol. The molecule has 0 radical (unpaired) electrons. The smallest absolute Gasteiger partial charge is 0.0433 e. The summed E-state index contributed by atoms with van der Waals surface area (Å²) in [6.07, 6.45) is 6.85. The van der Waals surface area contributed by atoms with E-state index in [1.54, 1.807) is 0 Å². The minimum absolute atomic E-state index is 0.796. The van der Waals surface area contributed by atoms with Crippen LogP contribution in [0.25, 0.3) is 5.57 Å². The molecule has 0 aromatic heterocycles. The van der Waals surface area contributed by atoms with Crippen molar-refractivity contribution in [3.05, 3.63) is 40.9 Å². The number of hydrogen-bond donors (Lipinski definition) is 0. The molecule has 2 rings (SSSR count). The van der Waals surface area contributed by atoms with Crippen LogP contribution in [0.1, 0.15) is 38.2 Å². The maximum atomic E-state index is 5.90. The SMILES string of the molecule is CCCCC1=NCCC(c2ccc(Cl)cc2)=C1. The van der Waals surface area contributed by atoms with Gasteiger partial charge in [0, 0.05) is 17.3 Å². The lowest BCUT2D eigenvalue weighted by molar-refractivity contribution is 0.829. The van der Waals surface area contributed by atoms with Gasteiger partial charge in [-0.05, 0) is 48.6 Å². The van der Waals surface area contributed by atoms with Gasteiger partial charge in [-0.1, -0.05) is 37.1 Å². The zero-order valence-electron chi connectivity index (χ0n) is 10.2. The Morgan fingerprint density at radius 1 is 1.24 bits per heavy atom. The van der Waals surface area contributed by atoms with Crippen LogP contribution in [-0.2, 0) is 0 Å². The Morgan fingerprint density at radius 2 is 2.00 bits per heavy atom. The molecule has 1 aromatic carbocycles. The summed E-state index contributed by atoms with van der Waals surface area (Å²) in [5.41, 5.74) is 3.92. The second-order valence-electron chi connectivity index (χ2n) is 4.40. The van der Waals surface area contributed by atoms with Gasteiger partial charge in [0.25, 0.3) is 0 Å². The molecule has 90 valence electrons. The highest BCUT2D eigenvalue weighted by Gasteiger charge is 2.08. The van der Waals surface area contributed by atoms with Gasteiger partial charge < -0.3 is 0 Å². The van der Waals surface area contributed by atoms with Gasteiger partial charge in [0.2, 0.25) is 0 Å². The largest absolute Gasteiger partial charge is 0.289 e. The molecule has 17 heavy (non-hydrogen) atoms. The van der Waals surface area contributed by atoms with Gasteiger partial charge in [0.05, 0.1) is 0 Å². The zero-order valence-corrected chi connectivity index (χ0v) is 11.0. The van der Waals surface area contributed by atoms with Crippen LogP contribution in [-0.4, -0.2) is 12.3 Å². The van der Waals surface area contributed by atoms with E-state index in [2.05, 4.69) is 30.1 Å². The molecule has 0 N–H and O–H groups in total. The summed E-state index contributed by atoms with van der Waals surface area (Å²) in [6, 6.07) is 8.10. The van der Waals surface area contributed by atoms with Gasteiger partial charge in [0.1, 0.15) is 0 Å². The number of nitrogens with zero attached hydrogens (tertiary/aromatic N) is 1. The van der Waals surface area contributed by atoms with Crippen molar-refractivity contribution in [3.63, 3.8) is 0 Å². The van der Waals surface area contributed by atoms with Crippen molar-refractivity contribution < 1.29 is 0 Å². The van der Waals surface area contributed by atoms with E-state index in [1.807, 2.05) is 12.1 Å². The molecule has 0 saturated carbocycles. The molecule has 0 unspecified atom stereocenters. The van der Waals surface area contributed by atoms with Crippen molar-refractivity contribution in [2.45, 2.75) is 32.6 Å². The minimum atomic E-state index is 0.796. The lowest BCUT2D eigenvalue weighted by Crippen LogP contribution is -2.04. The molecule has 0 amide bonds. The Hall–Kier alpha value is -1.08. The third-order valence-electron chi connectivity index (χ3n) is 3.04. The Labute approximate surface area is 108 Å². The quantitative estimate of drug-likeness (QED) is 0.728. The Kier molecular flexibility index (Phi) is 4.38. The van der Waals surface area contributed by atoms with Gasteiger partial charge in [-0.15, -0.1) is 0 Å². The van der Waals surface area contributed by atoms with E-state index in [0.717, 1.165) is 24.4 Å². The maximum Gasteiger partial charge on any atom is 0.0433 e. The third-order valence-corrected chi connectivity index (χ3v) is 3.29. The monoisotopic (exact) mass is 247 g/mol. The molecular weight excluding hydrogens is 230 g/mol. The van der Waals surface area contributed by atoms with Crippen LogP contribution in [0.3, 0.4) is 0 Å². The number of hydrogen-bond acceptors (Lipinski definition) is 1. The fraction of sp³-hybridized carbons (Fsp3) is 0.400. The molecular formula is C15H18ClN. The van der Waals surface area contributed by atoms with Crippen molar-refractivity contribution in [2.24, 2.45) is 4.99 Å². The predicted molar refractivity (Wildman–Crippen MR) is 75.9 cm³/mol.